The third-order valence-corrected chi connectivity index (χ3v) is 3.06. The molecule has 3 rings (SSSR count). The van der Waals surface area contributed by atoms with E-state index < -0.39 is 0 Å². The molecule has 0 aliphatic carbocycles. The number of hydrogen-bond acceptors (Lipinski definition) is 3. The Labute approximate surface area is 110 Å². The predicted octanol–water partition coefficient (Wildman–Crippen LogP) is 0.519. The van der Waals surface area contributed by atoms with Gasteiger partial charge < -0.3 is 4.98 Å². The summed E-state index contributed by atoms with van der Waals surface area (Å²) in [5, 5.41) is 0. The number of fused-ring (bicyclic) bond motifs is 1. The largest absolute Gasteiger partial charge is 0.332 e. The summed E-state index contributed by atoms with van der Waals surface area (Å²) in [6.07, 6.45) is 1.45. The Morgan fingerprint density at radius 2 is 2.11 bits per heavy atom. The number of aromatic amines is 1. The van der Waals surface area contributed by atoms with Crippen molar-refractivity contribution in [1.29, 1.82) is 0 Å². The zero-order valence-corrected chi connectivity index (χ0v) is 10.6. The van der Waals surface area contributed by atoms with Gasteiger partial charge in [0.2, 0.25) is 0 Å². The molecular formula is C13H11BN4O. The van der Waals surface area contributed by atoms with Crippen LogP contribution in [0.3, 0.4) is 0 Å². The number of imidazole rings is 1. The molecule has 2 heterocycles. The van der Waals surface area contributed by atoms with Gasteiger partial charge in [0.15, 0.2) is 5.82 Å². The van der Waals surface area contributed by atoms with Crippen LogP contribution < -0.4 is 11.3 Å². The number of benzene rings is 1. The molecular weight excluding hydrogens is 239 g/mol. The Balaban J connectivity index is 2.42. The molecule has 0 atom stereocenters. The van der Waals surface area contributed by atoms with Gasteiger partial charge in [0.05, 0.1) is 16.7 Å². The number of nitrogens with zero attached hydrogens (tertiary/aromatic N) is 3. The van der Waals surface area contributed by atoms with Gasteiger partial charge in [0, 0.05) is 11.8 Å². The van der Waals surface area contributed by atoms with Crippen LogP contribution >= 0.6 is 0 Å². The smallest absolute Gasteiger partial charge is 0.305 e. The minimum absolute atomic E-state index is 0.230. The number of para-hydroxylation sites is 1. The molecule has 3 aromatic rings. The second-order valence-electron chi connectivity index (χ2n) is 4.44. The van der Waals surface area contributed by atoms with E-state index in [0.29, 0.717) is 17.1 Å². The summed E-state index contributed by atoms with van der Waals surface area (Å²) < 4.78 is 1.53. The van der Waals surface area contributed by atoms with Gasteiger partial charge >= 0.3 is 5.69 Å². The molecule has 0 unspecified atom stereocenters. The molecule has 0 aliphatic rings. The molecule has 0 saturated carbocycles. The summed E-state index contributed by atoms with van der Waals surface area (Å²) in [4.78, 5) is 23.3. The van der Waals surface area contributed by atoms with E-state index in [1.54, 1.807) is 6.92 Å². The highest BCUT2D eigenvalue weighted by atomic mass is 16.1. The summed E-state index contributed by atoms with van der Waals surface area (Å²) in [5.74, 6) is 0.500. The van der Waals surface area contributed by atoms with Crippen LogP contribution in [0.5, 0.6) is 0 Å². The van der Waals surface area contributed by atoms with Crippen molar-refractivity contribution in [2.45, 2.75) is 13.8 Å². The fraction of sp³-hybridized carbons (Fsp3) is 0.154. The number of aryl methyl sites for hydroxylation is 2. The first-order valence-electron chi connectivity index (χ1n) is 5.88. The maximum atomic E-state index is 12.1. The minimum atomic E-state index is -0.230. The average molecular weight is 250 g/mol. The molecule has 19 heavy (non-hydrogen) atoms. The Kier molecular flexibility index (Phi) is 2.52. The number of hydrogen-bond donors (Lipinski definition) is 1. The van der Waals surface area contributed by atoms with E-state index in [2.05, 4.69) is 15.0 Å². The predicted molar refractivity (Wildman–Crippen MR) is 74.3 cm³/mol. The van der Waals surface area contributed by atoms with E-state index in [4.69, 9.17) is 7.85 Å². The van der Waals surface area contributed by atoms with Gasteiger partial charge in [-0.1, -0.05) is 12.1 Å². The summed E-state index contributed by atoms with van der Waals surface area (Å²) >= 11 is 0. The zero-order valence-electron chi connectivity index (χ0n) is 10.6. The Morgan fingerprint density at radius 1 is 1.32 bits per heavy atom. The number of nitrogens with one attached hydrogen (secondary N) is 1. The van der Waals surface area contributed by atoms with Crippen LogP contribution in [-0.4, -0.2) is 27.4 Å². The fourth-order valence-electron chi connectivity index (χ4n) is 2.24. The number of H-pyrrole nitrogens is 1. The van der Waals surface area contributed by atoms with Crippen molar-refractivity contribution in [3.8, 4) is 5.82 Å². The van der Waals surface area contributed by atoms with E-state index in [9.17, 15) is 4.79 Å². The van der Waals surface area contributed by atoms with Gasteiger partial charge in [0.1, 0.15) is 7.85 Å². The monoisotopic (exact) mass is 250 g/mol. The van der Waals surface area contributed by atoms with E-state index in [1.807, 2.05) is 25.1 Å². The third-order valence-electron chi connectivity index (χ3n) is 3.06. The molecule has 0 fully saturated rings. The van der Waals surface area contributed by atoms with E-state index in [0.717, 1.165) is 16.6 Å². The van der Waals surface area contributed by atoms with Crippen LogP contribution in [0, 0.1) is 13.8 Å². The van der Waals surface area contributed by atoms with E-state index in [-0.39, 0.29) is 5.69 Å². The van der Waals surface area contributed by atoms with Crippen molar-refractivity contribution in [2.24, 2.45) is 0 Å². The van der Waals surface area contributed by atoms with E-state index in [1.165, 1.54) is 10.8 Å². The van der Waals surface area contributed by atoms with E-state index >= 15 is 0 Å². The summed E-state index contributed by atoms with van der Waals surface area (Å²) in [7, 11) is 5.59. The van der Waals surface area contributed by atoms with Crippen LogP contribution in [0.15, 0.2) is 29.2 Å². The molecule has 2 radical (unpaired) electrons. The van der Waals surface area contributed by atoms with Gasteiger partial charge in [-0.2, -0.15) is 0 Å². The fourth-order valence-corrected chi connectivity index (χ4v) is 2.24. The van der Waals surface area contributed by atoms with Crippen molar-refractivity contribution in [3.05, 3.63) is 46.1 Å². The highest BCUT2D eigenvalue weighted by Crippen LogP contribution is 2.18. The first kappa shape index (κ1) is 11.7. The molecule has 0 amide bonds. The number of aromatic nitrogens is 4. The summed E-state index contributed by atoms with van der Waals surface area (Å²) in [6.45, 7) is 3.73. The molecule has 0 bridgehead atoms. The topological polar surface area (TPSA) is 63.6 Å². The second-order valence-corrected chi connectivity index (χ2v) is 4.44. The summed E-state index contributed by atoms with van der Waals surface area (Å²) in [5.41, 5.74) is 3.31. The third kappa shape index (κ3) is 1.76. The van der Waals surface area contributed by atoms with Crippen LogP contribution in [0.1, 0.15) is 11.3 Å². The van der Waals surface area contributed by atoms with Crippen molar-refractivity contribution in [1.82, 2.24) is 19.5 Å². The summed E-state index contributed by atoms with van der Waals surface area (Å²) in [6, 6.07) is 5.71. The Bertz CT molecular complexity index is 834. The Morgan fingerprint density at radius 3 is 2.84 bits per heavy atom. The number of rotatable bonds is 1. The molecule has 1 aromatic carbocycles. The maximum absolute atomic E-state index is 12.1. The van der Waals surface area contributed by atoms with Gasteiger partial charge in [-0.3, -0.25) is 4.98 Å². The lowest BCUT2D eigenvalue weighted by molar-refractivity contribution is 0.929. The second kappa shape index (κ2) is 4.08. The maximum Gasteiger partial charge on any atom is 0.332 e. The SMILES string of the molecule is [B]c1cnc(-n2c(=O)[nH]c3cccc(C)c32)c(C)n1. The van der Waals surface area contributed by atoms with Crippen molar-refractivity contribution in [2.75, 3.05) is 0 Å². The van der Waals surface area contributed by atoms with Gasteiger partial charge in [-0.25, -0.2) is 14.3 Å². The minimum Gasteiger partial charge on any atom is -0.305 e. The Hall–Kier alpha value is -2.37. The molecule has 0 aliphatic heterocycles. The van der Waals surface area contributed by atoms with Crippen molar-refractivity contribution >= 4 is 24.5 Å². The molecule has 6 heteroatoms. The highest BCUT2D eigenvalue weighted by molar-refractivity contribution is 6.30. The molecule has 2 aromatic heterocycles. The van der Waals surface area contributed by atoms with Crippen LogP contribution in [0.2, 0.25) is 0 Å². The molecule has 0 spiro atoms. The quantitative estimate of drug-likeness (QED) is 0.640. The lowest BCUT2D eigenvalue weighted by atomic mass is 10.1. The lowest BCUT2D eigenvalue weighted by Gasteiger charge is -2.07. The average Bonchev–Trinajstić information content (AvgIpc) is 2.67. The van der Waals surface area contributed by atoms with Crippen LogP contribution in [0.4, 0.5) is 0 Å². The van der Waals surface area contributed by atoms with Crippen LogP contribution in [-0.2, 0) is 0 Å². The lowest BCUT2D eigenvalue weighted by Crippen LogP contribution is -2.21. The van der Waals surface area contributed by atoms with Crippen LogP contribution in [0.25, 0.3) is 16.9 Å². The first-order valence-corrected chi connectivity index (χ1v) is 5.88. The zero-order chi connectivity index (χ0) is 13.6. The standard InChI is InChI=1S/C13H11BN4O/c1-7-4-3-5-9-11(7)18(13(19)17-9)12-8(2)16-10(14)6-15-12/h3-6H,1-2H3,(H,17,19). The highest BCUT2D eigenvalue weighted by Gasteiger charge is 2.14. The molecule has 0 saturated heterocycles. The molecule has 92 valence electrons. The molecule has 1 N–H and O–H groups in total. The molecule has 5 nitrogen and oxygen atoms in total. The van der Waals surface area contributed by atoms with Crippen molar-refractivity contribution < 1.29 is 0 Å². The first-order chi connectivity index (χ1) is 9.08. The normalized spacial score (nSPS) is 11.1. The van der Waals surface area contributed by atoms with Gasteiger partial charge in [0.25, 0.3) is 0 Å². The van der Waals surface area contributed by atoms with Crippen molar-refractivity contribution in [3.63, 3.8) is 0 Å². The van der Waals surface area contributed by atoms with Gasteiger partial charge in [-0.15, -0.1) is 0 Å². The van der Waals surface area contributed by atoms with Gasteiger partial charge in [-0.05, 0) is 25.5 Å².